The number of likely N-dealkylation sites (tertiary alicyclic amines) is 2. The second-order valence-corrected chi connectivity index (χ2v) is 14.4. The van der Waals surface area contributed by atoms with Gasteiger partial charge in [0, 0.05) is 79.3 Å². The van der Waals surface area contributed by atoms with Crippen molar-refractivity contribution in [3.63, 3.8) is 0 Å². The number of nitrogens with two attached hydrogens (primary N) is 1. The third kappa shape index (κ3) is 10.5. The molecule has 1 amide bonds. The van der Waals surface area contributed by atoms with Gasteiger partial charge in [-0.2, -0.15) is 6.10 Å². The number of ether oxygens (including phenoxy) is 3. The molecule has 1 radical (unpaired) electrons. The number of likely N-dealkylation sites (N-methyl/N-ethyl adjacent to an activating group) is 1. The maximum absolute atomic E-state index is 13.9. The molecule has 0 bridgehead atoms. The molecular weight excluding hydrogens is 855 g/mol. The van der Waals surface area contributed by atoms with Crippen LogP contribution in [0.4, 0.5) is 0 Å². The molecule has 3 heterocycles. The Bertz CT molecular complexity index is 996. The van der Waals surface area contributed by atoms with Crippen LogP contribution in [0.2, 0.25) is 0 Å². The van der Waals surface area contributed by atoms with Crippen LogP contribution in [0.25, 0.3) is 0 Å². The van der Waals surface area contributed by atoms with Gasteiger partial charge in [0.2, 0.25) is 5.91 Å². The molecule has 4 rings (SSSR count). The Morgan fingerprint density at radius 3 is 2.41 bits per heavy atom. The van der Waals surface area contributed by atoms with Crippen LogP contribution in [0.1, 0.15) is 59.3 Å². The van der Waals surface area contributed by atoms with Gasteiger partial charge in [0.15, 0.2) is 5.78 Å². The van der Waals surface area contributed by atoms with E-state index < -0.39 is 29.3 Å². The van der Waals surface area contributed by atoms with Crippen LogP contribution in [0.3, 0.4) is 0 Å². The van der Waals surface area contributed by atoms with E-state index in [4.69, 9.17) is 19.9 Å². The predicted molar refractivity (Wildman–Crippen MR) is 168 cm³/mol. The Hall–Kier alpha value is -0.0586. The number of Topliss-reactive ketones (excluding diaryl/α,β-unsaturated/α-hetero) is 1. The molecular formula is C33H57MnN5O6U-2. The molecule has 263 valence electrons. The van der Waals surface area contributed by atoms with E-state index in [1.54, 1.807) is 21.0 Å². The Morgan fingerprint density at radius 2 is 1.80 bits per heavy atom. The van der Waals surface area contributed by atoms with Crippen LogP contribution < -0.4 is 5.73 Å². The first kappa shape index (κ1) is 42.1. The number of nitrogens with zero attached hydrogens (tertiary/aromatic N) is 4. The van der Waals surface area contributed by atoms with Gasteiger partial charge in [0.25, 0.3) is 0 Å². The number of cyclic esters (lactones) is 1. The van der Waals surface area contributed by atoms with Crippen molar-refractivity contribution in [2.75, 3.05) is 74.1 Å². The fourth-order valence-electron chi connectivity index (χ4n) is 7.28. The molecule has 0 aromatic carbocycles. The summed E-state index contributed by atoms with van der Waals surface area (Å²) in [6.07, 6.45) is 7.37. The number of hydrogen-bond donors (Lipinski definition) is 1. The van der Waals surface area contributed by atoms with E-state index >= 15 is 0 Å². The molecule has 2 N–H and O–H groups in total. The van der Waals surface area contributed by atoms with E-state index in [9.17, 15) is 14.4 Å². The molecule has 4 aliphatic rings. The standard InChI is InChI=1S/C33H57N5O6.Mn.U/c1-22-15-24(35(4)5)17-25(16-22)44-30-27(42-7)11-10-12-36(6)26(21-43-32(41)33(2,3)31(40)29(30)34)23-18-38(19-23)28(39)20-37-13-8-9-14-37;;/h10,22-26,29-30H,8-9,11-21,34H2,1-7H3;;/q-2;;/t22-,24+,25-,26+,29-,30+;;/m1../s1. The van der Waals surface area contributed by atoms with E-state index in [-0.39, 0.29) is 78.8 Å². The first-order valence-electron chi connectivity index (χ1n) is 16.5. The minimum Gasteiger partial charge on any atom is -0.551 e. The van der Waals surface area contributed by atoms with E-state index in [0.29, 0.717) is 50.7 Å². The van der Waals surface area contributed by atoms with Gasteiger partial charge in [0.05, 0.1) is 18.7 Å². The Kier molecular flexibility index (Phi) is 17.2. The van der Waals surface area contributed by atoms with Gasteiger partial charge in [-0.25, -0.2) is 0 Å². The fraction of sp³-hybridized carbons (Fsp3) is 0.848. The van der Waals surface area contributed by atoms with Gasteiger partial charge in [-0.1, -0.05) is 6.92 Å². The summed E-state index contributed by atoms with van der Waals surface area (Å²) in [5, 5.41) is 0. The quantitative estimate of drug-likeness (QED) is 0.175. The Morgan fingerprint density at radius 1 is 1.15 bits per heavy atom. The number of ketones is 1. The van der Waals surface area contributed by atoms with Crippen molar-refractivity contribution >= 4 is 17.7 Å². The van der Waals surface area contributed by atoms with Crippen LogP contribution in [0.5, 0.6) is 0 Å². The van der Waals surface area contributed by atoms with Crippen molar-refractivity contribution in [2.24, 2.45) is 23.0 Å². The second kappa shape index (κ2) is 18.8. The van der Waals surface area contributed by atoms with Gasteiger partial charge in [0.1, 0.15) is 12.0 Å². The first-order chi connectivity index (χ1) is 20.8. The molecule has 1 saturated carbocycles. The molecule has 1 aliphatic carbocycles. The third-order valence-electron chi connectivity index (χ3n) is 10.4. The predicted octanol–water partition coefficient (Wildman–Crippen LogP) is 1.59. The average Bonchev–Trinajstić information content (AvgIpc) is 3.46. The molecule has 13 heteroatoms. The summed E-state index contributed by atoms with van der Waals surface area (Å²) in [6, 6.07) is -0.818. The molecule has 46 heavy (non-hydrogen) atoms. The smallest absolute Gasteiger partial charge is 0.319 e. The van der Waals surface area contributed by atoms with Crippen molar-refractivity contribution < 1.29 is 76.8 Å². The fourth-order valence-corrected chi connectivity index (χ4v) is 7.28. The largest absolute Gasteiger partial charge is 0.551 e. The number of hydrogen-bond acceptors (Lipinski definition) is 10. The second-order valence-electron chi connectivity index (χ2n) is 14.4. The SMILES string of the molecule is CO[C-]1C[CH-]CN(C)[C@H](C2CN(C(=O)CN3CCCC3)C2)COC(=O)C(C)(C)C(=O)[C@H](N)[C@H]1O[C@@H]1C[C@H](C)C[C@H](N(C)C)C1.[Mn].[U]. The van der Waals surface area contributed by atoms with Gasteiger partial charge >= 0.3 is 5.97 Å². The summed E-state index contributed by atoms with van der Waals surface area (Å²) >= 11 is 0. The molecule has 0 aromatic heterocycles. The van der Waals surface area contributed by atoms with Crippen LogP contribution in [-0.2, 0) is 45.7 Å². The Labute approximate surface area is 311 Å². The van der Waals surface area contributed by atoms with E-state index in [1.807, 2.05) is 11.9 Å². The van der Waals surface area contributed by atoms with Crippen molar-refractivity contribution in [2.45, 2.75) is 89.6 Å². The maximum atomic E-state index is 13.9. The summed E-state index contributed by atoms with van der Waals surface area (Å²) in [5.41, 5.74) is 5.20. The summed E-state index contributed by atoms with van der Waals surface area (Å²) in [5.74, 6) is -0.237. The zero-order valence-corrected chi connectivity index (χ0v) is 34.3. The van der Waals surface area contributed by atoms with E-state index in [1.165, 1.54) is 0 Å². The van der Waals surface area contributed by atoms with Crippen LogP contribution >= 0.6 is 0 Å². The summed E-state index contributed by atoms with van der Waals surface area (Å²) in [7, 11) is 7.77. The topological polar surface area (TPSA) is 118 Å². The number of carbonyl (C=O) groups excluding carboxylic acids is 3. The van der Waals surface area contributed by atoms with Crippen molar-refractivity contribution in [1.29, 1.82) is 0 Å². The molecule has 11 nitrogen and oxygen atoms in total. The maximum Gasteiger partial charge on any atom is 0.319 e. The zero-order chi connectivity index (χ0) is 32.2. The van der Waals surface area contributed by atoms with Crippen LogP contribution in [-0.4, -0.2) is 142 Å². The number of methoxy groups -OCH3 is 1. The van der Waals surface area contributed by atoms with Crippen LogP contribution in [0, 0.1) is 60.9 Å². The minimum atomic E-state index is -1.47. The minimum absolute atomic E-state index is 0. The monoisotopic (exact) mass is 912 g/mol. The number of rotatable bonds is 7. The van der Waals surface area contributed by atoms with Crippen molar-refractivity contribution in [3.05, 3.63) is 12.5 Å². The summed E-state index contributed by atoms with van der Waals surface area (Å²) in [6.45, 7) is 9.85. The number of amides is 1. The molecule has 0 aromatic rings. The average molecular weight is 913 g/mol. The number of esters is 1. The summed E-state index contributed by atoms with van der Waals surface area (Å²) < 4.78 is 18.4. The van der Waals surface area contributed by atoms with Gasteiger partial charge in [-0.05, 0) is 99.3 Å². The first-order valence-corrected chi connectivity index (χ1v) is 16.5. The van der Waals surface area contributed by atoms with Gasteiger partial charge in [-0.3, -0.25) is 25.7 Å². The number of carbonyl (C=O) groups is 3. The van der Waals surface area contributed by atoms with E-state index in [0.717, 1.165) is 45.2 Å². The molecule has 6 atom stereocenters. The molecule has 4 fully saturated rings. The van der Waals surface area contributed by atoms with Crippen molar-refractivity contribution in [3.8, 4) is 0 Å². The van der Waals surface area contributed by atoms with Crippen molar-refractivity contribution in [1.82, 2.24) is 19.6 Å². The molecule has 0 unspecified atom stereocenters. The third-order valence-corrected chi connectivity index (χ3v) is 10.4. The molecule has 3 saturated heterocycles. The van der Waals surface area contributed by atoms with Crippen LogP contribution in [0.15, 0.2) is 0 Å². The van der Waals surface area contributed by atoms with Gasteiger partial charge < -0.3 is 41.1 Å². The normalized spacial score (nSPS) is 32.8. The summed E-state index contributed by atoms with van der Waals surface area (Å²) in [4.78, 5) is 48.7. The molecule has 0 spiro atoms. The molecule has 3 aliphatic heterocycles. The van der Waals surface area contributed by atoms with E-state index in [2.05, 4.69) is 42.1 Å². The Balaban J connectivity index is 0.00000368. The van der Waals surface area contributed by atoms with Gasteiger partial charge in [-0.15, -0.1) is 6.54 Å². The zero-order valence-electron chi connectivity index (χ0n) is 29.0.